The van der Waals surface area contributed by atoms with E-state index in [2.05, 4.69) is 10.6 Å². The second-order valence-corrected chi connectivity index (χ2v) is 5.99. The first kappa shape index (κ1) is 16.7. The molecule has 1 aliphatic carbocycles. The van der Waals surface area contributed by atoms with Crippen LogP contribution in [0.5, 0.6) is 0 Å². The van der Waals surface area contributed by atoms with Crippen LogP contribution >= 0.6 is 0 Å². The fraction of sp³-hybridized carbons (Fsp3) is 0.800. The van der Waals surface area contributed by atoms with Crippen LogP contribution in [0.25, 0.3) is 0 Å². The Bertz CT molecular complexity index is 413. The second kappa shape index (κ2) is 8.12. The van der Waals surface area contributed by atoms with Crippen molar-refractivity contribution in [3.63, 3.8) is 0 Å². The minimum atomic E-state index is -0.456. The maximum absolute atomic E-state index is 12.3. The lowest BCUT2D eigenvalue weighted by molar-refractivity contribution is -0.137. The summed E-state index contributed by atoms with van der Waals surface area (Å²) in [6.45, 7) is 5.18. The zero-order chi connectivity index (χ0) is 15.9. The summed E-state index contributed by atoms with van der Waals surface area (Å²) in [7, 11) is 0. The Balaban J connectivity index is 1.69. The van der Waals surface area contributed by atoms with Crippen LogP contribution in [-0.2, 0) is 9.59 Å². The standard InChI is InChI=1S/C15H26N4O3/c1-2-16-15(22)17-13(20)11-18-7-9-19(10-8-18)14(21)12-5-3-4-6-12/h12H,2-11H2,1H3,(H2,16,17,20,22). The summed E-state index contributed by atoms with van der Waals surface area (Å²) in [5.74, 6) is 0.193. The van der Waals surface area contributed by atoms with Crippen molar-refractivity contribution in [1.29, 1.82) is 0 Å². The van der Waals surface area contributed by atoms with Crippen molar-refractivity contribution in [3.8, 4) is 0 Å². The average Bonchev–Trinajstić information content (AvgIpc) is 3.01. The van der Waals surface area contributed by atoms with E-state index in [4.69, 9.17) is 0 Å². The highest BCUT2D eigenvalue weighted by Gasteiger charge is 2.29. The lowest BCUT2D eigenvalue weighted by Crippen LogP contribution is -2.53. The van der Waals surface area contributed by atoms with E-state index in [1.165, 1.54) is 0 Å². The minimum Gasteiger partial charge on any atom is -0.340 e. The molecule has 1 heterocycles. The molecule has 0 radical (unpaired) electrons. The molecule has 1 aliphatic heterocycles. The molecule has 2 rings (SSSR count). The number of urea groups is 1. The van der Waals surface area contributed by atoms with Gasteiger partial charge >= 0.3 is 6.03 Å². The fourth-order valence-electron chi connectivity index (χ4n) is 3.13. The van der Waals surface area contributed by atoms with Crippen molar-refractivity contribution < 1.29 is 14.4 Å². The number of amides is 4. The van der Waals surface area contributed by atoms with E-state index in [0.29, 0.717) is 32.7 Å². The van der Waals surface area contributed by atoms with Crippen molar-refractivity contribution in [2.45, 2.75) is 32.6 Å². The average molecular weight is 310 g/mol. The zero-order valence-electron chi connectivity index (χ0n) is 13.3. The molecular formula is C15H26N4O3. The molecule has 7 heteroatoms. The number of nitrogens with one attached hydrogen (secondary N) is 2. The Kier molecular flexibility index (Phi) is 6.18. The summed E-state index contributed by atoms with van der Waals surface area (Å²) < 4.78 is 0. The van der Waals surface area contributed by atoms with E-state index in [1.54, 1.807) is 6.92 Å². The summed E-state index contributed by atoms with van der Waals surface area (Å²) in [5, 5.41) is 4.82. The van der Waals surface area contributed by atoms with Crippen molar-refractivity contribution in [1.82, 2.24) is 20.4 Å². The predicted molar refractivity (Wildman–Crippen MR) is 82.2 cm³/mol. The van der Waals surface area contributed by atoms with E-state index in [0.717, 1.165) is 25.7 Å². The Hall–Kier alpha value is -1.63. The van der Waals surface area contributed by atoms with Gasteiger partial charge in [-0.15, -0.1) is 0 Å². The molecule has 0 aromatic rings. The number of imide groups is 1. The van der Waals surface area contributed by atoms with Gasteiger partial charge in [0.1, 0.15) is 0 Å². The molecule has 2 aliphatic rings. The number of nitrogens with zero attached hydrogens (tertiary/aromatic N) is 2. The zero-order valence-corrected chi connectivity index (χ0v) is 13.3. The molecule has 0 unspecified atom stereocenters. The lowest BCUT2D eigenvalue weighted by Gasteiger charge is -2.35. The first-order valence-corrected chi connectivity index (χ1v) is 8.19. The Morgan fingerprint density at radius 3 is 2.27 bits per heavy atom. The largest absolute Gasteiger partial charge is 0.340 e. The smallest absolute Gasteiger partial charge is 0.321 e. The predicted octanol–water partition coefficient (Wildman–Crippen LogP) is 0.167. The number of hydrogen-bond donors (Lipinski definition) is 2. The van der Waals surface area contributed by atoms with Gasteiger partial charge in [-0.2, -0.15) is 0 Å². The van der Waals surface area contributed by atoms with Gasteiger partial charge in [-0.05, 0) is 19.8 Å². The Labute approximate surface area is 131 Å². The molecule has 2 N–H and O–H groups in total. The molecule has 2 fully saturated rings. The molecule has 1 saturated carbocycles. The van der Waals surface area contributed by atoms with Gasteiger partial charge in [0.05, 0.1) is 6.54 Å². The molecule has 7 nitrogen and oxygen atoms in total. The number of rotatable bonds is 4. The van der Waals surface area contributed by atoms with Crippen LogP contribution in [0.15, 0.2) is 0 Å². The number of carbonyl (C=O) groups excluding carboxylic acids is 3. The third-order valence-electron chi connectivity index (χ3n) is 4.35. The van der Waals surface area contributed by atoms with Gasteiger partial charge in [0, 0.05) is 38.6 Å². The summed E-state index contributed by atoms with van der Waals surface area (Å²) in [6, 6.07) is -0.456. The number of hydrogen-bond acceptors (Lipinski definition) is 4. The molecule has 0 aromatic heterocycles. The van der Waals surface area contributed by atoms with Crippen LogP contribution < -0.4 is 10.6 Å². The molecule has 1 saturated heterocycles. The van der Waals surface area contributed by atoms with Crippen LogP contribution in [0, 0.1) is 5.92 Å². The summed E-state index contributed by atoms with van der Waals surface area (Å²) >= 11 is 0. The third-order valence-corrected chi connectivity index (χ3v) is 4.35. The molecule has 0 atom stereocenters. The van der Waals surface area contributed by atoms with Crippen molar-refractivity contribution >= 4 is 17.8 Å². The summed E-state index contributed by atoms with van der Waals surface area (Å²) in [5.41, 5.74) is 0. The maximum atomic E-state index is 12.3. The van der Waals surface area contributed by atoms with Crippen LogP contribution in [0.2, 0.25) is 0 Å². The quantitative estimate of drug-likeness (QED) is 0.775. The molecule has 0 bridgehead atoms. The van der Waals surface area contributed by atoms with Gasteiger partial charge in [0.15, 0.2) is 0 Å². The fourth-order valence-corrected chi connectivity index (χ4v) is 3.13. The SMILES string of the molecule is CCNC(=O)NC(=O)CN1CCN(C(=O)C2CCCC2)CC1. The van der Waals surface area contributed by atoms with Crippen molar-refractivity contribution in [2.75, 3.05) is 39.3 Å². The molecule has 22 heavy (non-hydrogen) atoms. The highest BCUT2D eigenvalue weighted by Crippen LogP contribution is 2.26. The number of piperazine rings is 1. The van der Waals surface area contributed by atoms with Crippen molar-refractivity contribution in [3.05, 3.63) is 0 Å². The van der Waals surface area contributed by atoms with Gasteiger partial charge in [-0.1, -0.05) is 12.8 Å². The van der Waals surface area contributed by atoms with Crippen molar-refractivity contribution in [2.24, 2.45) is 5.92 Å². The normalized spacial score (nSPS) is 20.0. The lowest BCUT2D eigenvalue weighted by atomic mass is 10.1. The monoisotopic (exact) mass is 310 g/mol. The molecular weight excluding hydrogens is 284 g/mol. The first-order chi connectivity index (χ1) is 10.6. The maximum Gasteiger partial charge on any atom is 0.321 e. The highest BCUT2D eigenvalue weighted by atomic mass is 16.2. The van der Waals surface area contributed by atoms with E-state index < -0.39 is 6.03 Å². The molecule has 0 spiro atoms. The van der Waals surface area contributed by atoms with Gasteiger partial charge in [-0.3, -0.25) is 19.8 Å². The molecule has 0 aromatic carbocycles. The Morgan fingerprint density at radius 1 is 1.05 bits per heavy atom. The van der Waals surface area contributed by atoms with Gasteiger partial charge in [0.2, 0.25) is 11.8 Å². The van der Waals surface area contributed by atoms with E-state index in [9.17, 15) is 14.4 Å². The van der Waals surface area contributed by atoms with Crippen LogP contribution in [0.3, 0.4) is 0 Å². The van der Waals surface area contributed by atoms with E-state index in [-0.39, 0.29) is 24.3 Å². The van der Waals surface area contributed by atoms with E-state index in [1.807, 2.05) is 9.80 Å². The van der Waals surface area contributed by atoms with Gasteiger partial charge in [-0.25, -0.2) is 4.79 Å². The summed E-state index contributed by atoms with van der Waals surface area (Å²) in [6.07, 6.45) is 4.37. The molecule has 124 valence electrons. The first-order valence-electron chi connectivity index (χ1n) is 8.19. The minimum absolute atomic E-state index is 0.197. The van der Waals surface area contributed by atoms with E-state index >= 15 is 0 Å². The topological polar surface area (TPSA) is 81.8 Å². The highest BCUT2D eigenvalue weighted by molar-refractivity contribution is 5.95. The number of carbonyl (C=O) groups is 3. The van der Waals surface area contributed by atoms with Crippen LogP contribution in [0.1, 0.15) is 32.6 Å². The van der Waals surface area contributed by atoms with Crippen LogP contribution in [-0.4, -0.2) is 66.9 Å². The Morgan fingerprint density at radius 2 is 1.68 bits per heavy atom. The third kappa shape index (κ3) is 4.69. The second-order valence-electron chi connectivity index (χ2n) is 5.99. The van der Waals surface area contributed by atoms with Crippen LogP contribution in [0.4, 0.5) is 4.79 Å². The molecule has 4 amide bonds. The van der Waals surface area contributed by atoms with Gasteiger partial charge < -0.3 is 10.2 Å². The summed E-state index contributed by atoms with van der Waals surface area (Å²) in [4.78, 5) is 39.2. The van der Waals surface area contributed by atoms with Gasteiger partial charge in [0.25, 0.3) is 0 Å².